The molecule has 1 N–H and O–H groups in total. The van der Waals surface area contributed by atoms with Crippen LogP contribution in [0.4, 0.5) is 4.39 Å². The summed E-state index contributed by atoms with van der Waals surface area (Å²) in [4.78, 5) is 19.0. The van der Waals surface area contributed by atoms with Crippen molar-refractivity contribution >= 4 is 17.2 Å². The number of carbonyl (C=O) groups excluding carboxylic acids is 1. The maximum atomic E-state index is 13.4. The van der Waals surface area contributed by atoms with Crippen LogP contribution in [0.2, 0.25) is 0 Å². The smallest absolute Gasteiger partial charge is 0.270 e. The van der Waals surface area contributed by atoms with E-state index in [9.17, 15) is 9.18 Å². The lowest BCUT2D eigenvalue weighted by Gasteiger charge is -2.22. The molecular formula is C25H30FN3O4S. The Morgan fingerprint density at radius 1 is 1.03 bits per heavy atom. The van der Waals surface area contributed by atoms with Crippen molar-refractivity contribution in [2.75, 3.05) is 41.0 Å². The molecule has 2 aromatic carbocycles. The molecule has 0 atom stereocenters. The zero-order valence-corrected chi connectivity index (χ0v) is 20.5. The van der Waals surface area contributed by atoms with Crippen LogP contribution in [0.5, 0.6) is 11.5 Å². The van der Waals surface area contributed by atoms with E-state index in [0.717, 1.165) is 29.1 Å². The number of carbonyl (C=O) groups is 1. The number of hydrogen-bond donors (Lipinski definition) is 1. The predicted molar refractivity (Wildman–Crippen MR) is 130 cm³/mol. The first-order chi connectivity index (χ1) is 16.5. The minimum Gasteiger partial charge on any atom is -0.493 e. The number of nitrogens with zero attached hydrogens (tertiary/aromatic N) is 2. The van der Waals surface area contributed by atoms with Gasteiger partial charge in [0.15, 0.2) is 11.5 Å². The van der Waals surface area contributed by atoms with E-state index in [1.54, 1.807) is 38.8 Å². The average molecular weight is 488 g/mol. The summed E-state index contributed by atoms with van der Waals surface area (Å²) in [5.41, 5.74) is 2.51. The minimum atomic E-state index is -0.260. The standard InChI is InChI=1S/C25H30FN3O4S/c1-31-13-11-27-25(30)21-17-34-24(28-21)16-29(15-19-4-7-20(26)8-5-19)12-10-18-6-9-22(32-2)23(14-18)33-3/h4-9,14,17H,10-13,15-16H2,1-3H3,(H,27,30). The molecule has 0 saturated heterocycles. The summed E-state index contributed by atoms with van der Waals surface area (Å²) in [6.45, 7) is 2.82. The highest BCUT2D eigenvalue weighted by atomic mass is 32.1. The first-order valence-electron chi connectivity index (χ1n) is 10.9. The predicted octanol–water partition coefficient (Wildman–Crippen LogP) is 3.92. The molecule has 0 aliphatic carbocycles. The molecule has 0 aliphatic rings. The number of nitrogens with one attached hydrogen (secondary N) is 1. The number of rotatable bonds is 13. The number of benzene rings is 2. The molecule has 1 heterocycles. The van der Waals surface area contributed by atoms with Crippen LogP contribution in [0.25, 0.3) is 0 Å². The third-order valence-electron chi connectivity index (χ3n) is 5.22. The maximum absolute atomic E-state index is 13.4. The fraction of sp³-hybridized carbons (Fsp3) is 0.360. The summed E-state index contributed by atoms with van der Waals surface area (Å²) in [7, 11) is 4.82. The summed E-state index contributed by atoms with van der Waals surface area (Å²) >= 11 is 1.45. The van der Waals surface area contributed by atoms with Gasteiger partial charge in [-0.1, -0.05) is 18.2 Å². The van der Waals surface area contributed by atoms with Crippen LogP contribution in [0.3, 0.4) is 0 Å². The topological polar surface area (TPSA) is 72.9 Å². The Balaban J connectivity index is 1.70. The lowest BCUT2D eigenvalue weighted by atomic mass is 10.1. The van der Waals surface area contributed by atoms with Gasteiger partial charge in [-0.2, -0.15) is 0 Å². The first-order valence-corrected chi connectivity index (χ1v) is 11.8. The normalized spacial score (nSPS) is 11.0. The van der Waals surface area contributed by atoms with E-state index < -0.39 is 0 Å². The maximum Gasteiger partial charge on any atom is 0.270 e. The zero-order chi connectivity index (χ0) is 24.3. The second kappa shape index (κ2) is 13.0. The Morgan fingerprint density at radius 3 is 2.47 bits per heavy atom. The Hall–Kier alpha value is -3.01. The molecule has 34 heavy (non-hydrogen) atoms. The Morgan fingerprint density at radius 2 is 1.76 bits per heavy atom. The van der Waals surface area contributed by atoms with Crippen molar-refractivity contribution in [1.82, 2.24) is 15.2 Å². The van der Waals surface area contributed by atoms with Gasteiger partial charge in [0.25, 0.3) is 5.91 Å². The molecule has 182 valence electrons. The van der Waals surface area contributed by atoms with Crippen LogP contribution in [-0.2, 0) is 24.2 Å². The highest BCUT2D eigenvalue weighted by Crippen LogP contribution is 2.28. The van der Waals surface area contributed by atoms with Crippen molar-refractivity contribution in [3.63, 3.8) is 0 Å². The number of aromatic nitrogens is 1. The first kappa shape index (κ1) is 25.6. The van der Waals surface area contributed by atoms with Crippen LogP contribution in [0.15, 0.2) is 47.8 Å². The highest BCUT2D eigenvalue weighted by Gasteiger charge is 2.15. The SMILES string of the molecule is COCCNC(=O)c1csc(CN(CCc2ccc(OC)c(OC)c2)Cc2ccc(F)cc2)n1. The molecule has 9 heteroatoms. The van der Waals surface area contributed by atoms with E-state index in [-0.39, 0.29) is 11.7 Å². The van der Waals surface area contributed by atoms with E-state index in [1.807, 2.05) is 18.2 Å². The van der Waals surface area contributed by atoms with Gasteiger partial charge >= 0.3 is 0 Å². The Bertz CT molecular complexity index is 1060. The molecule has 0 bridgehead atoms. The molecule has 0 unspecified atom stereocenters. The molecule has 3 rings (SSSR count). The number of hydrogen-bond acceptors (Lipinski definition) is 7. The van der Waals surface area contributed by atoms with Crippen molar-refractivity contribution in [2.45, 2.75) is 19.5 Å². The summed E-state index contributed by atoms with van der Waals surface area (Å²) < 4.78 is 29.1. The molecule has 1 aromatic heterocycles. The van der Waals surface area contributed by atoms with Gasteiger partial charge in [0.05, 0.1) is 27.4 Å². The molecule has 0 radical (unpaired) electrons. The van der Waals surface area contributed by atoms with Gasteiger partial charge in [-0.3, -0.25) is 9.69 Å². The number of halogens is 1. The van der Waals surface area contributed by atoms with Gasteiger partial charge < -0.3 is 19.5 Å². The van der Waals surface area contributed by atoms with E-state index in [2.05, 4.69) is 15.2 Å². The summed E-state index contributed by atoms with van der Waals surface area (Å²) in [5.74, 6) is 0.905. The zero-order valence-electron chi connectivity index (χ0n) is 19.7. The molecule has 3 aromatic rings. The van der Waals surface area contributed by atoms with Gasteiger partial charge in [-0.15, -0.1) is 11.3 Å². The van der Waals surface area contributed by atoms with Crippen molar-refractivity contribution in [3.05, 3.63) is 75.5 Å². The second-order valence-electron chi connectivity index (χ2n) is 7.65. The number of methoxy groups -OCH3 is 3. The molecular weight excluding hydrogens is 457 g/mol. The Kier molecular flexibility index (Phi) is 9.81. The summed E-state index contributed by atoms with van der Waals surface area (Å²) in [6, 6.07) is 12.4. The van der Waals surface area contributed by atoms with Crippen molar-refractivity contribution in [1.29, 1.82) is 0 Å². The van der Waals surface area contributed by atoms with Crippen molar-refractivity contribution in [2.24, 2.45) is 0 Å². The average Bonchev–Trinajstić information content (AvgIpc) is 3.32. The van der Waals surface area contributed by atoms with Gasteiger partial charge in [0.1, 0.15) is 16.5 Å². The quantitative estimate of drug-likeness (QED) is 0.369. The van der Waals surface area contributed by atoms with Gasteiger partial charge in [-0.25, -0.2) is 9.37 Å². The van der Waals surface area contributed by atoms with Crippen LogP contribution < -0.4 is 14.8 Å². The lowest BCUT2D eigenvalue weighted by Crippen LogP contribution is -2.27. The van der Waals surface area contributed by atoms with Crippen LogP contribution in [0.1, 0.15) is 26.6 Å². The summed E-state index contributed by atoms with van der Waals surface area (Å²) in [5, 5.41) is 5.39. The van der Waals surface area contributed by atoms with Crippen LogP contribution in [-0.4, -0.2) is 56.8 Å². The van der Waals surface area contributed by atoms with E-state index >= 15 is 0 Å². The fourth-order valence-corrected chi connectivity index (χ4v) is 4.24. The Labute approximate surface area is 203 Å². The number of thiazole rings is 1. The molecule has 7 nitrogen and oxygen atoms in total. The fourth-order valence-electron chi connectivity index (χ4n) is 3.42. The number of amides is 1. The van der Waals surface area contributed by atoms with Gasteiger partial charge in [0, 0.05) is 32.1 Å². The molecule has 0 aliphatic heterocycles. The highest BCUT2D eigenvalue weighted by molar-refractivity contribution is 7.09. The lowest BCUT2D eigenvalue weighted by molar-refractivity contribution is 0.0932. The van der Waals surface area contributed by atoms with Gasteiger partial charge in [-0.05, 0) is 41.8 Å². The van der Waals surface area contributed by atoms with E-state index in [4.69, 9.17) is 14.2 Å². The third-order valence-corrected chi connectivity index (χ3v) is 6.05. The van der Waals surface area contributed by atoms with Crippen molar-refractivity contribution < 1.29 is 23.4 Å². The third kappa shape index (κ3) is 7.51. The van der Waals surface area contributed by atoms with Crippen molar-refractivity contribution in [3.8, 4) is 11.5 Å². The molecule has 0 saturated carbocycles. The number of ether oxygens (including phenoxy) is 3. The molecule has 0 spiro atoms. The van der Waals surface area contributed by atoms with Crippen LogP contribution >= 0.6 is 11.3 Å². The largest absolute Gasteiger partial charge is 0.493 e. The van der Waals surface area contributed by atoms with Crippen LogP contribution in [0, 0.1) is 5.82 Å². The molecule has 0 fully saturated rings. The second-order valence-corrected chi connectivity index (χ2v) is 8.59. The minimum absolute atomic E-state index is 0.213. The van der Waals surface area contributed by atoms with Gasteiger partial charge in [0.2, 0.25) is 0 Å². The molecule has 1 amide bonds. The van der Waals surface area contributed by atoms with E-state index in [0.29, 0.717) is 43.4 Å². The monoisotopic (exact) mass is 487 g/mol. The van der Waals surface area contributed by atoms with E-state index in [1.165, 1.54) is 23.5 Å². The summed E-state index contributed by atoms with van der Waals surface area (Å²) in [6.07, 6.45) is 0.775.